The Bertz CT molecular complexity index is 6340. The third-order valence-corrected chi connectivity index (χ3v) is 23.9. The van der Waals surface area contributed by atoms with E-state index >= 15 is 0 Å². The number of aliphatic imine (C=N–C) groups is 2. The van der Waals surface area contributed by atoms with Gasteiger partial charge in [0, 0.05) is 18.2 Å². The van der Waals surface area contributed by atoms with Crippen molar-refractivity contribution in [3.8, 4) is 51.7 Å². The number of carbonyl (C=O) groups is 11. The zero-order valence-electron chi connectivity index (χ0n) is 68.8. The Morgan fingerprint density at radius 3 is 1.40 bits per heavy atom. The number of amidine groups is 5. The van der Waals surface area contributed by atoms with Gasteiger partial charge in [0.2, 0.25) is 5.91 Å². The Hall–Kier alpha value is -14.6. The zero-order chi connectivity index (χ0) is 92.7. The number of ether oxygens (including phenoxy) is 7. The Labute approximate surface area is 771 Å². The number of aryl methyl sites for hydroxylation is 2. The maximum absolute atomic E-state index is 12.9. The van der Waals surface area contributed by atoms with Gasteiger partial charge >= 0.3 is 17.2 Å². The molecule has 1 unspecified atom stereocenters. The average Bonchev–Trinajstić information content (AvgIpc) is 1.63. The molecule has 39 heteroatoms. The van der Waals surface area contributed by atoms with E-state index in [0.29, 0.717) is 77.8 Å². The van der Waals surface area contributed by atoms with Crippen LogP contribution < -0.4 is 70.4 Å². The van der Waals surface area contributed by atoms with Gasteiger partial charge in [0.25, 0.3) is 37.3 Å². The predicted octanol–water partition coefficient (Wildman–Crippen LogP) is 18.4. The third kappa shape index (κ3) is 26.8. The average molecular weight is 1880 g/mol. The lowest BCUT2D eigenvalue weighted by molar-refractivity contribution is -0.136. The molecule has 32 nitrogen and oxygen atoms in total. The maximum atomic E-state index is 12.9. The molecule has 9 aromatic carbocycles. The topological polar surface area (TPSA) is 479 Å². The van der Waals surface area contributed by atoms with Crippen LogP contribution in [-0.4, -0.2) is 126 Å². The van der Waals surface area contributed by atoms with Gasteiger partial charge in [-0.15, -0.1) is 0 Å². The molecule has 7 aliphatic heterocycles. The smallest absolute Gasteiger partial charge is 0.337 e. The molecule has 7 aliphatic rings. The monoisotopic (exact) mass is 1880 g/mol. The van der Waals surface area contributed by atoms with Gasteiger partial charge < -0.3 is 65.1 Å². The van der Waals surface area contributed by atoms with Crippen LogP contribution in [0.5, 0.6) is 51.7 Å². The summed E-state index contributed by atoms with van der Waals surface area (Å²) in [7, 11) is 4.41. The van der Waals surface area contributed by atoms with Gasteiger partial charge in [-0.3, -0.25) is 79.7 Å². The first-order valence-corrected chi connectivity index (χ1v) is 44.1. The molecule has 0 aromatic heterocycles. The molecule has 0 radical (unpaired) electrons. The number of amides is 9. The number of nitrogens with zero attached hydrogens (tertiary/aromatic N) is 3. The van der Waals surface area contributed by atoms with Gasteiger partial charge in [-0.25, -0.2) is 9.79 Å². The van der Waals surface area contributed by atoms with Crippen molar-refractivity contribution in [2.45, 2.75) is 38.7 Å². The summed E-state index contributed by atoms with van der Waals surface area (Å²) in [6.07, 6.45) is 9.48. The summed E-state index contributed by atoms with van der Waals surface area (Å²) in [5, 5.41) is 50.9. The van der Waals surface area contributed by atoms with Crippen LogP contribution in [0.15, 0.2) is 252 Å². The molecule has 16 rings (SSSR count). The summed E-state index contributed by atoms with van der Waals surface area (Å²) in [5.41, 5.74) is 15.0. The second kappa shape index (κ2) is 44.7. The van der Waals surface area contributed by atoms with Gasteiger partial charge in [-0.2, -0.15) is 4.99 Å². The van der Waals surface area contributed by atoms with Crippen LogP contribution in [0.25, 0.3) is 30.4 Å². The van der Waals surface area contributed by atoms with Crippen LogP contribution >= 0.6 is 82.3 Å². The van der Waals surface area contributed by atoms with Crippen molar-refractivity contribution in [3.63, 3.8) is 0 Å². The van der Waals surface area contributed by atoms with Crippen LogP contribution in [0.1, 0.15) is 56.5 Å². The summed E-state index contributed by atoms with van der Waals surface area (Å²) in [5.74, 6) is 1.50. The molecule has 6 saturated heterocycles. The molecular weight excluding hydrogens is 1810 g/mol. The van der Waals surface area contributed by atoms with E-state index in [-0.39, 0.29) is 95.4 Å². The fourth-order valence-corrected chi connectivity index (χ4v) is 17.0. The van der Waals surface area contributed by atoms with Crippen molar-refractivity contribution in [1.29, 1.82) is 16.2 Å². The second-order valence-corrected chi connectivity index (χ2v) is 34.5. The van der Waals surface area contributed by atoms with Crippen LogP contribution in [0, 0.1) is 30.1 Å². The molecule has 130 heavy (non-hydrogen) atoms. The zero-order valence-corrected chi connectivity index (χ0v) is 74.5. The largest absolute Gasteiger partial charge is 0.508 e. The molecule has 9 aromatic rings. The number of methoxy groups -OCH3 is 3. The first-order valence-electron chi connectivity index (χ1n) is 38.3. The summed E-state index contributed by atoms with van der Waals surface area (Å²) in [4.78, 5) is 140. The van der Waals surface area contributed by atoms with E-state index in [1.54, 1.807) is 79.9 Å². The standard InChI is InChI=1S/C24H20N2O4S.C18H16N2O2S.C17H14N2O2S.C16H13N3O6S2.C16H11N3O6S2/c1-15-11-16(9-10-21(15)30-2)12-22-23(25-17-5-3-7-19(27)13-17)26(24(29)31-22)18-6-4-8-20(28)14-18;1-12-9-14(10-16-17(19)20-18(21)23-16)7-8-15(12)22-11-13-5-3-2-4-6-13;18-16-15(22-17(20)19-16)10-12-6-8-14(9-7-12)21-11-13-4-2-1-3-5-13;2*1-24-9-4-7(5-10-13(17)18-15(22)26-10)2-3-8(9)25-12(20)6-11-14(21)19-16(23)27-11/h3-14,27-28H,1-2H3;2-10H,11H2,1H3,(H2,19,20,21);1-10H,11H2,(H2,18,19,20);2-5,11H,6H2,1H3,(H2,17,18,22)(H,19,21,23);2-6H,1H3,(H2,17,18,22)(H,19,21,23). The Kier molecular flexibility index (Phi) is 32.5. The van der Waals surface area contributed by atoms with Crippen molar-refractivity contribution >= 4 is 214 Å². The highest BCUT2D eigenvalue weighted by atomic mass is 32.2. The van der Waals surface area contributed by atoms with Crippen molar-refractivity contribution in [2.24, 2.45) is 15.7 Å². The number of thioether (sulfide) groups is 7. The SMILES string of the molecule is COc1cc(C=C2SC(=O)NC2=N)ccc1OC(=O)C=C1SC(=O)NC1=O.COc1cc(C=C2SC(=O)NC2=N)ccc1OC(=O)CC1SC(=O)NC1=O.COc1ccc(C=C2SC(=O)N(c3cccc(O)c3)C2=Nc2cccc(O)c2)cc1C.Cc1cc(C=C2SC(=O)NC2=N)ccc1OCc1ccccc1.NC1=NC(=O)SC1=Cc1ccc(OCc2ccccc2)cc1. The van der Waals surface area contributed by atoms with Crippen LogP contribution in [-0.2, 0) is 32.4 Å². The lowest BCUT2D eigenvalue weighted by Gasteiger charge is -2.16. The number of esters is 2. The minimum Gasteiger partial charge on any atom is -0.508 e. The van der Waals surface area contributed by atoms with Gasteiger partial charge in [-0.05, 0) is 250 Å². The number of phenolic OH excluding ortho intramolecular Hbond substituents is 2. The molecule has 660 valence electrons. The van der Waals surface area contributed by atoms with Crippen molar-refractivity contribution < 1.29 is 96.1 Å². The van der Waals surface area contributed by atoms with Crippen LogP contribution in [0.2, 0.25) is 0 Å². The highest BCUT2D eigenvalue weighted by Crippen LogP contribution is 2.42. The van der Waals surface area contributed by atoms with Gasteiger partial charge in [0.15, 0.2) is 28.8 Å². The molecule has 0 aliphatic carbocycles. The quantitative estimate of drug-likeness (QED) is 0.0181. The molecule has 0 spiro atoms. The summed E-state index contributed by atoms with van der Waals surface area (Å²) in [6, 6.07) is 61.6. The number of nitrogens with one attached hydrogen (secondary N) is 8. The van der Waals surface area contributed by atoms with E-state index < -0.39 is 39.5 Å². The van der Waals surface area contributed by atoms with E-state index in [0.717, 1.165) is 133 Å². The number of hydrogen-bond acceptors (Lipinski definition) is 32. The van der Waals surface area contributed by atoms with E-state index in [1.807, 2.05) is 159 Å². The van der Waals surface area contributed by atoms with E-state index in [1.165, 1.54) is 43.4 Å². The summed E-state index contributed by atoms with van der Waals surface area (Å²) >= 11 is 6.31. The van der Waals surface area contributed by atoms with Crippen molar-refractivity contribution in [3.05, 3.63) is 292 Å². The fraction of sp³-hybridized carbons (Fsp3) is 0.0989. The van der Waals surface area contributed by atoms with E-state index in [4.69, 9.17) is 55.1 Å². The maximum Gasteiger partial charge on any atom is 0.337 e. The van der Waals surface area contributed by atoms with Crippen LogP contribution in [0.3, 0.4) is 0 Å². The predicted molar refractivity (Wildman–Crippen MR) is 508 cm³/mol. The molecule has 0 saturated carbocycles. The summed E-state index contributed by atoms with van der Waals surface area (Å²) in [6.45, 7) is 5.00. The third-order valence-electron chi connectivity index (χ3n) is 17.9. The number of hydrogen-bond donors (Lipinski definition) is 11. The minimum absolute atomic E-state index is 0.00739. The molecule has 7 heterocycles. The number of phenols is 2. The summed E-state index contributed by atoms with van der Waals surface area (Å²) < 4.78 is 37.7. The van der Waals surface area contributed by atoms with Gasteiger partial charge in [0.05, 0.1) is 68.6 Å². The van der Waals surface area contributed by atoms with Gasteiger partial charge in [0.1, 0.15) is 70.6 Å². The lowest BCUT2D eigenvalue weighted by atomic mass is 10.1. The molecule has 9 amide bonds. The number of aromatic hydroxyl groups is 2. The number of rotatable bonds is 21. The number of nitrogens with two attached hydrogens (primary N) is 1. The molecule has 0 bridgehead atoms. The number of imide groups is 2. The first kappa shape index (κ1) is 94.5. The number of anilines is 1. The van der Waals surface area contributed by atoms with E-state index in [9.17, 15) is 63.0 Å². The Morgan fingerprint density at radius 2 is 0.931 bits per heavy atom. The lowest BCUT2D eigenvalue weighted by Crippen LogP contribution is -2.27. The molecular formula is C91H74N12O20S7. The molecule has 12 N–H and O–H groups in total. The fourth-order valence-electron chi connectivity index (χ4n) is 11.9. The minimum atomic E-state index is -0.838. The van der Waals surface area contributed by atoms with E-state index in [2.05, 4.69) is 31.3 Å². The van der Waals surface area contributed by atoms with Gasteiger partial charge in [-0.1, -0.05) is 121 Å². The Morgan fingerprint density at radius 1 is 0.462 bits per heavy atom. The first-order chi connectivity index (χ1) is 62.5. The van der Waals surface area contributed by atoms with Crippen molar-refractivity contribution in [2.75, 3.05) is 26.2 Å². The van der Waals surface area contributed by atoms with Crippen molar-refractivity contribution in [1.82, 2.24) is 26.6 Å². The second-order valence-electron chi connectivity index (χ2n) is 27.3. The highest BCUT2D eigenvalue weighted by molar-refractivity contribution is 8.20. The number of benzene rings is 9. The Balaban J connectivity index is 0.000000148. The number of carbonyl (C=O) groups excluding carboxylic acids is 11. The van der Waals surface area contributed by atoms with Crippen LogP contribution in [0.4, 0.5) is 44.9 Å². The highest BCUT2D eigenvalue weighted by Gasteiger charge is 2.37. The molecule has 6 fully saturated rings. The molecule has 1 atom stereocenters. The normalized spacial score (nSPS) is 17.7.